The number of hydrogen-bond donors (Lipinski definition) is 0. The third-order valence-electron chi connectivity index (χ3n) is 3.55. The molecule has 0 bridgehead atoms. The van der Waals surface area contributed by atoms with Gasteiger partial charge in [-0.15, -0.1) is 0 Å². The summed E-state index contributed by atoms with van der Waals surface area (Å²) in [5, 5.41) is 0. The lowest BCUT2D eigenvalue weighted by Gasteiger charge is -1.99. The normalized spacial score (nSPS) is 11.9. The SMILES string of the molecule is CC(=O)c1ccc(C(=O)N=c2sc3cc(F)cc(F)c3n2C)cc1. The van der Waals surface area contributed by atoms with Crippen molar-refractivity contribution in [2.45, 2.75) is 6.92 Å². The highest BCUT2D eigenvalue weighted by Crippen LogP contribution is 2.21. The van der Waals surface area contributed by atoms with Crippen LogP contribution in [0, 0.1) is 11.6 Å². The predicted octanol–water partition coefficient (Wildman–Crippen LogP) is 3.46. The minimum Gasteiger partial charge on any atom is -0.317 e. The molecule has 1 aromatic heterocycles. The van der Waals surface area contributed by atoms with Crippen molar-refractivity contribution in [1.82, 2.24) is 4.57 Å². The average molecular weight is 346 g/mol. The molecule has 0 saturated heterocycles. The Kier molecular flexibility index (Phi) is 4.11. The number of aryl methyl sites for hydroxylation is 1. The molecule has 2 aromatic carbocycles. The van der Waals surface area contributed by atoms with Crippen molar-refractivity contribution < 1.29 is 18.4 Å². The maximum Gasteiger partial charge on any atom is 0.279 e. The van der Waals surface area contributed by atoms with Crippen molar-refractivity contribution in [3.05, 3.63) is 64.0 Å². The Morgan fingerprint density at radius 1 is 1.08 bits per heavy atom. The quantitative estimate of drug-likeness (QED) is 0.667. The number of Topliss-reactive ketones (excluding diaryl/α,β-unsaturated/α-hetero) is 1. The van der Waals surface area contributed by atoms with Crippen molar-refractivity contribution in [2.24, 2.45) is 12.0 Å². The van der Waals surface area contributed by atoms with E-state index in [1.807, 2.05) is 0 Å². The minimum atomic E-state index is -0.705. The number of rotatable bonds is 2. The van der Waals surface area contributed by atoms with Crippen LogP contribution < -0.4 is 4.80 Å². The second-order valence-corrected chi connectivity index (χ2v) is 6.24. The van der Waals surface area contributed by atoms with Gasteiger partial charge in [0, 0.05) is 24.2 Å². The summed E-state index contributed by atoms with van der Waals surface area (Å²) in [6.07, 6.45) is 0. The smallest absolute Gasteiger partial charge is 0.279 e. The molecule has 0 N–H and O–H groups in total. The number of ketones is 1. The number of amides is 1. The number of aromatic nitrogens is 1. The Labute approximate surface area is 139 Å². The van der Waals surface area contributed by atoms with Crippen LogP contribution >= 0.6 is 11.3 Å². The van der Waals surface area contributed by atoms with E-state index in [-0.39, 0.29) is 16.1 Å². The van der Waals surface area contributed by atoms with Gasteiger partial charge in [0.2, 0.25) is 0 Å². The Morgan fingerprint density at radius 3 is 2.33 bits per heavy atom. The zero-order valence-electron chi connectivity index (χ0n) is 12.8. The first-order valence-electron chi connectivity index (χ1n) is 7.01. The van der Waals surface area contributed by atoms with Crippen molar-refractivity contribution in [1.29, 1.82) is 0 Å². The third kappa shape index (κ3) is 2.90. The molecule has 7 heteroatoms. The van der Waals surface area contributed by atoms with Crippen LogP contribution in [0.3, 0.4) is 0 Å². The Hall–Kier alpha value is -2.67. The monoisotopic (exact) mass is 346 g/mol. The number of fused-ring (bicyclic) bond motifs is 1. The highest BCUT2D eigenvalue weighted by atomic mass is 32.1. The summed E-state index contributed by atoms with van der Waals surface area (Å²) < 4.78 is 29.0. The third-order valence-corrected chi connectivity index (χ3v) is 4.63. The van der Waals surface area contributed by atoms with Gasteiger partial charge in [-0.1, -0.05) is 23.5 Å². The van der Waals surface area contributed by atoms with Gasteiger partial charge in [0.1, 0.15) is 5.82 Å². The van der Waals surface area contributed by atoms with E-state index in [4.69, 9.17) is 0 Å². The van der Waals surface area contributed by atoms with E-state index in [2.05, 4.69) is 4.99 Å². The molecular formula is C17H12F2N2O2S. The predicted molar refractivity (Wildman–Crippen MR) is 87.1 cm³/mol. The van der Waals surface area contributed by atoms with E-state index >= 15 is 0 Å². The van der Waals surface area contributed by atoms with Crippen LogP contribution in [0.2, 0.25) is 0 Å². The molecule has 24 heavy (non-hydrogen) atoms. The van der Waals surface area contributed by atoms with Gasteiger partial charge in [-0.3, -0.25) is 9.59 Å². The minimum absolute atomic E-state index is 0.0978. The van der Waals surface area contributed by atoms with Gasteiger partial charge in [-0.2, -0.15) is 4.99 Å². The Balaban J connectivity index is 2.06. The molecule has 0 aliphatic heterocycles. The fourth-order valence-electron chi connectivity index (χ4n) is 2.30. The summed E-state index contributed by atoms with van der Waals surface area (Å²) in [7, 11) is 1.56. The van der Waals surface area contributed by atoms with Crippen LogP contribution in [0.1, 0.15) is 27.6 Å². The van der Waals surface area contributed by atoms with Gasteiger partial charge in [-0.25, -0.2) is 8.78 Å². The number of thiazole rings is 1. The zero-order chi connectivity index (χ0) is 17.4. The van der Waals surface area contributed by atoms with Crippen LogP contribution in [0.15, 0.2) is 41.4 Å². The first-order chi connectivity index (χ1) is 11.4. The fourth-order valence-corrected chi connectivity index (χ4v) is 3.36. The Bertz CT molecular complexity index is 1030. The molecule has 0 radical (unpaired) electrons. The number of benzene rings is 2. The highest BCUT2D eigenvalue weighted by molar-refractivity contribution is 7.16. The maximum absolute atomic E-state index is 13.9. The van der Waals surface area contributed by atoms with Crippen molar-refractivity contribution in [2.75, 3.05) is 0 Å². The van der Waals surface area contributed by atoms with Gasteiger partial charge >= 0.3 is 0 Å². The van der Waals surface area contributed by atoms with E-state index in [1.54, 1.807) is 19.2 Å². The summed E-state index contributed by atoms with van der Waals surface area (Å²) >= 11 is 1.02. The largest absolute Gasteiger partial charge is 0.317 e. The molecule has 0 unspecified atom stereocenters. The zero-order valence-corrected chi connectivity index (χ0v) is 13.7. The first kappa shape index (κ1) is 16.2. The van der Waals surface area contributed by atoms with Crippen LogP contribution in [0.25, 0.3) is 10.2 Å². The molecule has 122 valence electrons. The van der Waals surface area contributed by atoms with Gasteiger partial charge in [0.25, 0.3) is 5.91 Å². The summed E-state index contributed by atoms with van der Waals surface area (Å²) in [5.74, 6) is -2.00. The van der Waals surface area contributed by atoms with Crippen LogP contribution in [0.5, 0.6) is 0 Å². The molecule has 0 aliphatic carbocycles. The van der Waals surface area contributed by atoms with E-state index < -0.39 is 17.5 Å². The second kappa shape index (κ2) is 6.09. The molecule has 0 aliphatic rings. The van der Waals surface area contributed by atoms with Crippen molar-refractivity contribution in [3.8, 4) is 0 Å². The molecule has 3 aromatic rings. The number of carbonyl (C=O) groups excluding carboxylic acids is 2. The molecule has 0 fully saturated rings. The van der Waals surface area contributed by atoms with Gasteiger partial charge < -0.3 is 4.57 Å². The lowest BCUT2D eigenvalue weighted by atomic mass is 10.1. The second-order valence-electron chi connectivity index (χ2n) is 5.23. The van der Waals surface area contributed by atoms with Gasteiger partial charge in [0.05, 0.1) is 10.2 Å². The van der Waals surface area contributed by atoms with Crippen LogP contribution in [-0.2, 0) is 7.05 Å². The topological polar surface area (TPSA) is 51.4 Å². The summed E-state index contributed by atoms with van der Waals surface area (Å²) in [5.41, 5.74) is 1.00. The standard InChI is InChI=1S/C17H12F2N2O2S/c1-9(22)10-3-5-11(6-4-10)16(23)20-17-21(2)15-13(19)7-12(18)8-14(15)24-17/h3-8H,1-2H3. The summed E-state index contributed by atoms with van der Waals surface area (Å²) in [6, 6.07) is 8.11. The molecule has 1 amide bonds. The first-order valence-corrected chi connectivity index (χ1v) is 7.83. The molecule has 0 atom stereocenters. The average Bonchev–Trinajstić information content (AvgIpc) is 2.83. The van der Waals surface area contributed by atoms with Crippen molar-refractivity contribution >= 4 is 33.2 Å². The molecule has 0 spiro atoms. The lowest BCUT2D eigenvalue weighted by Crippen LogP contribution is -2.13. The highest BCUT2D eigenvalue weighted by Gasteiger charge is 2.12. The van der Waals surface area contributed by atoms with Crippen LogP contribution in [-0.4, -0.2) is 16.3 Å². The summed E-state index contributed by atoms with van der Waals surface area (Å²) in [6.45, 7) is 1.44. The van der Waals surface area contributed by atoms with E-state index in [0.717, 1.165) is 17.4 Å². The lowest BCUT2D eigenvalue weighted by molar-refractivity contribution is 0.0991. The van der Waals surface area contributed by atoms with Gasteiger partial charge in [-0.05, 0) is 25.1 Å². The van der Waals surface area contributed by atoms with Crippen LogP contribution in [0.4, 0.5) is 8.78 Å². The molecular weight excluding hydrogens is 334 g/mol. The van der Waals surface area contributed by atoms with Crippen molar-refractivity contribution in [3.63, 3.8) is 0 Å². The number of halogens is 2. The summed E-state index contributed by atoms with van der Waals surface area (Å²) in [4.78, 5) is 27.7. The number of carbonyl (C=O) groups is 2. The van der Waals surface area contributed by atoms with Gasteiger partial charge in [0.15, 0.2) is 16.4 Å². The molecule has 4 nitrogen and oxygen atoms in total. The fraction of sp³-hybridized carbons (Fsp3) is 0.118. The maximum atomic E-state index is 13.9. The number of nitrogens with zero attached hydrogens (tertiary/aromatic N) is 2. The molecule has 0 saturated carbocycles. The number of hydrogen-bond acceptors (Lipinski definition) is 3. The molecule has 1 heterocycles. The van der Waals surface area contributed by atoms with E-state index in [0.29, 0.717) is 15.8 Å². The van der Waals surface area contributed by atoms with E-state index in [1.165, 1.54) is 29.7 Å². The Morgan fingerprint density at radius 2 is 1.71 bits per heavy atom. The molecule has 3 rings (SSSR count). The van der Waals surface area contributed by atoms with E-state index in [9.17, 15) is 18.4 Å².